The predicted octanol–water partition coefficient (Wildman–Crippen LogP) is 1.50. The molecule has 0 saturated carbocycles. The molecule has 3 heterocycles. The van der Waals surface area contributed by atoms with Gasteiger partial charge in [0.15, 0.2) is 0 Å². The van der Waals surface area contributed by atoms with Crippen molar-refractivity contribution in [1.82, 2.24) is 25.3 Å². The summed E-state index contributed by atoms with van der Waals surface area (Å²) in [4.78, 5) is 10.3. The molecule has 9 nitrogen and oxygen atoms in total. The Balaban J connectivity index is 1.80. The molecule has 0 aliphatic heterocycles. The monoisotopic (exact) mass is 301 g/mol. The Morgan fingerprint density at radius 2 is 2.27 bits per heavy atom. The molecule has 0 atom stereocenters. The summed E-state index contributed by atoms with van der Waals surface area (Å²) >= 11 is 0. The minimum atomic E-state index is -0.124. The number of rotatable bonds is 5. The second-order valence-corrected chi connectivity index (χ2v) is 4.66. The molecule has 0 aliphatic rings. The summed E-state index contributed by atoms with van der Waals surface area (Å²) in [7, 11) is 1.79. The van der Waals surface area contributed by atoms with Crippen LogP contribution in [0, 0.1) is 6.92 Å². The number of aromatic amines is 1. The molecular weight excluding hydrogens is 286 g/mol. The second-order valence-electron chi connectivity index (χ2n) is 4.66. The van der Waals surface area contributed by atoms with Crippen LogP contribution < -0.4 is 10.2 Å². The van der Waals surface area contributed by atoms with E-state index in [9.17, 15) is 0 Å². The summed E-state index contributed by atoms with van der Waals surface area (Å²) in [5.74, 6) is 2.23. The molecule has 114 valence electrons. The Labute approximate surface area is 126 Å². The molecule has 3 aromatic heterocycles. The highest BCUT2D eigenvalue weighted by Gasteiger charge is 2.12. The van der Waals surface area contributed by atoms with E-state index in [-0.39, 0.29) is 6.61 Å². The molecule has 0 aliphatic carbocycles. The zero-order valence-corrected chi connectivity index (χ0v) is 12.1. The van der Waals surface area contributed by atoms with Crippen LogP contribution >= 0.6 is 0 Å². The van der Waals surface area contributed by atoms with Crippen LogP contribution in [-0.4, -0.2) is 37.5 Å². The van der Waals surface area contributed by atoms with Crippen LogP contribution in [0.3, 0.4) is 0 Å². The molecule has 3 rings (SSSR count). The van der Waals surface area contributed by atoms with Crippen molar-refractivity contribution < 1.29 is 9.63 Å². The Kier molecular flexibility index (Phi) is 3.71. The minimum Gasteiger partial charge on any atom is -0.390 e. The molecule has 3 aromatic rings. The summed E-state index contributed by atoms with van der Waals surface area (Å²) in [5.41, 5.74) is 1.33. The van der Waals surface area contributed by atoms with E-state index in [4.69, 9.17) is 9.63 Å². The first kappa shape index (κ1) is 14.0. The molecule has 22 heavy (non-hydrogen) atoms. The number of aliphatic hydroxyl groups is 1. The summed E-state index contributed by atoms with van der Waals surface area (Å²) in [6.07, 6.45) is 1.63. The van der Waals surface area contributed by atoms with Crippen molar-refractivity contribution in [3.63, 3.8) is 0 Å². The van der Waals surface area contributed by atoms with Gasteiger partial charge in [0, 0.05) is 25.4 Å². The van der Waals surface area contributed by atoms with Crippen molar-refractivity contribution in [3.8, 4) is 0 Å². The van der Waals surface area contributed by atoms with Gasteiger partial charge in [0.25, 0.3) is 0 Å². The van der Waals surface area contributed by atoms with Gasteiger partial charge in [0.1, 0.15) is 11.6 Å². The van der Waals surface area contributed by atoms with Crippen molar-refractivity contribution in [2.75, 3.05) is 17.3 Å². The van der Waals surface area contributed by atoms with Crippen LogP contribution in [0.15, 0.2) is 28.9 Å². The van der Waals surface area contributed by atoms with Crippen molar-refractivity contribution >= 4 is 23.5 Å². The maximum atomic E-state index is 9.00. The van der Waals surface area contributed by atoms with E-state index in [1.165, 1.54) is 0 Å². The normalized spacial score (nSPS) is 10.7. The van der Waals surface area contributed by atoms with Crippen LogP contribution in [0.25, 0.3) is 0 Å². The van der Waals surface area contributed by atoms with Crippen molar-refractivity contribution in [1.29, 1.82) is 0 Å². The molecule has 0 aromatic carbocycles. The van der Waals surface area contributed by atoms with Gasteiger partial charge in [-0.15, -0.1) is 0 Å². The highest BCUT2D eigenvalue weighted by molar-refractivity contribution is 5.56. The fourth-order valence-electron chi connectivity index (χ4n) is 1.83. The first-order chi connectivity index (χ1) is 10.7. The van der Waals surface area contributed by atoms with Gasteiger partial charge in [-0.05, 0) is 13.0 Å². The molecule has 0 spiro atoms. The van der Waals surface area contributed by atoms with Crippen LogP contribution in [-0.2, 0) is 6.61 Å². The number of aliphatic hydroxyl groups excluding tert-OH is 1. The number of nitrogens with one attached hydrogen (secondary N) is 2. The molecule has 9 heteroatoms. The summed E-state index contributed by atoms with van der Waals surface area (Å²) in [5, 5.41) is 22.6. The Bertz CT molecular complexity index is 767. The van der Waals surface area contributed by atoms with Gasteiger partial charge in [-0.1, -0.05) is 5.16 Å². The predicted molar refractivity (Wildman–Crippen MR) is 79.1 cm³/mol. The average molecular weight is 301 g/mol. The first-order valence-corrected chi connectivity index (χ1v) is 6.58. The van der Waals surface area contributed by atoms with E-state index in [1.54, 1.807) is 36.3 Å². The van der Waals surface area contributed by atoms with Gasteiger partial charge in [0.05, 0.1) is 18.0 Å². The van der Waals surface area contributed by atoms with Crippen molar-refractivity contribution in [3.05, 3.63) is 35.8 Å². The van der Waals surface area contributed by atoms with Gasteiger partial charge in [-0.3, -0.25) is 10.00 Å². The maximum Gasteiger partial charge on any atom is 0.233 e. The molecule has 0 bridgehead atoms. The zero-order chi connectivity index (χ0) is 15.5. The number of nitrogens with zero attached hydrogens (tertiary/aromatic N) is 5. The molecule has 0 unspecified atom stereocenters. The van der Waals surface area contributed by atoms with Crippen LogP contribution in [0.4, 0.5) is 23.5 Å². The van der Waals surface area contributed by atoms with E-state index in [0.717, 1.165) is 5.69 Å². The smallest absolute Gasteiger partial charge is 0.233 e. The van der Waals surface area contributed by atoms with Crippen molar-refractivity contribution in [2.45, 2.75) is 13.5 Å². The van der Waals surface area contributed by atoms with Crippen molar-refractivity contribution in [2.24, 2.45) is 0 Å². The lowest BCUT2D eigenvalue weighted by Crippen LogP contribution is -2.12. The second kappa shape index (κ2) is 5.82. The van der Waals surface area contributed by atoms with Gasteiger partial charge in [0.2, 0.25) is 11.8 Å². The molecular formula is C13H15N7O2. The fourth-order valence-corrected chi connectivity index (χ4v) is 1.83. The number of hydrogen-bond acceptors (Lipinski definition) is 8. The van der Waals surface area contributed by atoms with Gasteiger partial charge in [-0.2, -0.15) is 10.1 Å². The third-order valence-electron chi connectivity index (χ3n) is 2.94. The first-order valence-electron chi connectivity index (χ1n) is 6.58. The van der Waals surface area contributed by atoms with E-state index in [0.29, 0.717) is 29.2 Å². The third kappa shape index (κ3) is 2.88. The highest BCUT2D eigenvalue weighted by atomic mass is 16.5. The lowest BCUT2D eigenvalue weighted by atomic mass is 10.4. The lowest BCUT2D eigenvalue weighted by Gasteiger charge is -2.13. The number of anilines is 4. The standard InChI is InChI=1S/C13H15N7O2/c1-8-5-12(22-19-8)20(2)13-14-4-3-10(16-13)15-11-6-9(7-21)17-18-11/h3-6,21H,7H2,1-2H3,(H2,14,15,16,17,18). The lowest BCUT2D eigenvalue weighted by molar-refractivity contribution is 0.276. The van der Waals surface area contributed by atoms with Crippen LogP contribution in [0.1, 0.15) is 11.4 Å². The minimum absolute atomic E-state index is 0.124. The molecule has 0 saturated heterocycles. The van der Waals surface area contributed by atoms with E-state index < -0.39 is 0 Å². The number of aromatic nitrogens is 5. The quantitative estimate of drug-likeness (QED) is 0.649. The Morgan fingerprint density at radius 1 is 1.41 bits per heavy atom. The molecule has 0 fully saturated rings. The van der Waals surface area contributed by atoms with E-state index in [1.807, 2.05) is 6.92 Å². The SMILES string of the molecule is Cc1cc(N(C)c2nccc(Nc3cc(CO)n[nH]3)n2)on1. The van der Waals surface area contributed by atoms with Crippen LogP contribution in [0.5, 0.6) is 0 Å². The van der Waals surface area contributed by atoms with Gasteiger partial charge < -0.3 is 14.9 Å². The summed E-state index contributed by atoms with van der Waals surface area (Å²) < 4.78 is 5.19. The number of hydrogen-bond donors (Lipinski definition) is 3. The maximum absolute atomic E-state index is 9.00. The molecule has 0 radical (unpaired) electrons. The molecule has 3 N–H and O–H groups in total. The average Bonchev–Trinajstić information content (AvgIpc) is 3.16. The number of H-pyrrole nitrogens is 1. The topological polar surface area (TPSA) is 116 Å². The van der Waals surface area contributed by atoms with Gasteiger partial charge in [-0.25, -0.2) is 4.98 Å². The highest BCUT2D eigenvalue weighted by Crippen LogP contribution is 2.22. The number of aryl methyl sites for hydroxylation is 1. The zero-order valence-electron chi connectivity index (χ0n) is 12.1. The van der Waals surface area contributed by atoms with E-state index in [2.05, 4.69) is 30.6 Å². The fraction of sp³-hybridized carbons (Fsp3) is 0.231. The van der Waals surface area contributed by atoms with Gasteiger partial charge >= 0.3 is 0 Å². The third-order valence-corrected chi connectivity index (χ3v) is 2.94. The van der Waals surface area contributed by atoms with Crippen LogP contribution in [0.2, 0.25) is 0 Å². The Hall–Kier alpha value is -2.94. The van der Waals surface area contributed by atoms with E-state index >= 15 is 0 Å². The summed E-state index contributed by atoms with van der Waals surface area (Å²) in [6, 6.07) is 5.22. The largest absolute Gasteiger partial charge is 0.390 e. The Morgan fingerprint density at radius 3 is 2.95 bits per heavy atom. The summed E-state index contributed by atoms with van der Waals surface area (Å²) in [6.45, 7) is 1.72. The molecule has 0 amide bonds.